The van der Waals surface area contributed by atoms with E-state index < -0.39 is 12.1 Å². The fraction of sp³-hybridized carbons (Fsp3) is 0.138. The Morgan fingerprint density at radius 2 is 1.78 bits per heavy atom. The zero-order valence-corrected chi connectivity index (χ0v) is 22.2. The molecule has 37 heavy (non-hydrogen) atoms. The average molecular weight is 548 g/mol. The number of aliphatic imine (C=N–C) groups is 1. The first-order valence-corrected chi connectivity index (χ1v) is 13.4. The van der Waals surface area contributed by atoms with Crippen molar-refractivity contribution in [1.29, 1.82) is 0 Å². The van der Waals surface area contributed by atoms with Crippen molar-refractivity contribution in [2.24, 2.45) is 4.99 Å². The Morgan fingerprint density at radius 1 is 1.03 bits per heavy atom. The van der Waals surface area contributed by atoms with Gasteiger partial charge in [0.2, 0.25) is 12.1 Å². The van der Waals surface area contributed by atoms with Crippen LogP contribution in [0.25, 0.3) is 0 Å². The molecule has 0 fully saturated rings. The third-order valence-electron chi connectivity index (χ3n) is 6.36. The Bertz CT molecular complexity index is 1470. The molecular formula is C29H23Cl2N3O2S. The predicted molar refractivity (Wildman–Crippen MR) is 151 cm³/mol. The molecular weight excluding hydrogens is 525 g/mol. The number of halogens is 2. The Kier molecular flexibility index (Phi) is 7.42. The molecule has 0 radical (unpaired) electrons. The second-order valence-electron chi connectivity index (χ2n) is 8.73. The lowest BCUT2D eigenvalue weighted by molar-refractivity contribution is -0.128. The maximum atomic E-state index is 13.7. The smallest absolute Gasteiger partial charge is 0.272 e. The summed E-state index contributed by atoms with van der Waals surface area (Å²) in [6.07, 6.45) is -0.693. The van der Waals surface area contributed by atoms with Crippen molar-refractivity contribution in [3.63, 3.8) is 0 Å². The van der Waals surface area contributed by atoms with Gasteiger partial charge in [-0.2, -0.15) is 11.3 Å². The molecule has 0 aliphatic carbocycles. The van der Waals surface area contributed by atoms with Gasteiger partial charge < -0.3 is 10.2 Å². The zero-order valence-electron chi connectivity index (χ0n) is 19.9. The van der Waals surface area contributed by atoms with Crippen molar-refractivity contribution in [3.05, 3.63) is 122 Å². The van der Waals surface area contributed by atoms with Crippen LogP contribution in [0.3, 0.4) is 0 Å². The second-order valence-corrected chi connectivity index (χ2v) is 10.3. The minimum absolute atomic E-state index is 0.293. The maximum Gasteiger partial charge on any atom is 0.272 e. The number of nitrogens with one attached hydrogen (secondary N) is 1. The summed E-state index contributed by atoms with van der Waals surface area (Å²) >= 11 is 13.8. The van der Waals surface area contributed by atoms with E-state index >= 15 is 0 Å². The van der Waals surface area contributed by atoms with Crippen LogP contribution in [0.2, 0.25) is 10.0 Å². The number of carbonyl (C=O) groups is 2. The second kappa shape index (κ2) is 10.9. The van der Waals surface area contributed by atoms with E-state index in [1.807, 2.05) is 77.5 Å². The van der Waals surface area contributed by atoms with Crippen molar-refractivity contribution in [2.45, 2.75) is 18.5 Å². The molecule has 1 aliphatic heterocycles. The summed E-state index contributed by atoms with van der Waals surface area (Å²) in [6, 6.07) is 24.6. The number of hydrogen-bond acceptors (Lipinski definition) is 4. The summed E-state index contributed by atoms with van der Waals surface area (Å²) in [4.78, 5) is 33.7. The Hall–Kier alpha value is -3.45. The number of benzodiazepines with no additional fused rings is 1. The summed E-state index contributed by atoms with van der Waals surface area (Å²) in [5, 5.41) is 7.69. The Balaban J connectivity index is 1.51. The Labute approximate surface area is 229 Å². The lowest BCUT2D eigenvalue weighted by Gasteiger charge is -2.23. The van der Waals surface area contributed by atoms with Crippen LogP contribution in [0.1, 0.15) is 28.2 Å². The molecule has 1 aliphatic rings. The molecule has 4 aromatic rings. The van der Waals surface area contributed by atoms with Crippen LogP contribution >= 0.6 is 34.5 Å². The number of anilines is 1. The first kappa shape index (κ1) is 25.2. The topological polar surface area (TPSA) is 61.8 Å². The molecule has 5 rings (SSSR count). The number of thiophene rings is 1. The third kappa shape index (κ3) is 5.32. The van der Waals surface area contributed by atoms with Crippen LogP contribution in [0.4, 0.5) is 5.69 Å². The summed E-state index contributed by atoms with van der Waals surface area (Å²) in [7, 11) is 1.70. The predicted octanol–water partition coefficient (Wildman–Crippen LogP) is 6.34. The first-order valence-electron chi connectivity index (χ1n) is 11.7. The van der Waals surface area contributed by atoms with Gasteiger partial charge in [-0.3, -0.25) is 9.59 Å². The van der Waals surface area contributed by atoms with E-state index in [1.54, 1.807) is 24.1 Å². The quantitative estimate of drug-likeness (QED) is 0.306. The number of hydrogen-bond donors (Lipinski definition) is 1. The highest BCUT2D eigenvalue weighted by molar-refractivity contribution is 7.08. The van der Waals surface area contributed by atoms with Gasteiger partial charge in [0.1, 0.15) is 0 Å². The van der Waals surface area contributed by atoms with Crippen LogP contribution in [0.5, 0.6) is 0 Å². The lowest BCUT2D eigenvalue weighted by atomic mass is 9.93. The summed E-state index contributed by atoms with van der Waals surface area (Å²) in [5.74, 6) is -1.15. The van der Waals surface area contributed by atoms with Gasteiger partial charge in [-0.1, -0.05) is 77.8 Å². The van der Waals surface area contributed by atoms with Crippen LogP contribution < -0.4 is 10.2 Å². The Morgan fingerprint density at radius 3 is 2.51 bits per heavy atom. The number of fused-ring (bicyclic) bond motifs is 1. The van der Waals surface area contributed by atoms with Crippen molar-refractivity contribution < 1.29 is 9.59 Å². The van der Waals surface area contributed by atoms with E-state index in [9.17, 15) is 9.59 Å². The largest absolute Gasteiger partial charge is 0.326 e. The molecule has 2 amide bonds. The lowest BCUT2D eigenvalue weighted by Crippen LogP contribution is -2.47. The van der Waals surface area contributed by atoms with Crippen molar-refractivity contribution in [3.8, 4) is 0 Å². The van der Waals surface area contributed by atoms with Crippen LogP contribution in [-0.4, -0.2) is 30.7 Å². The van der Waals surface area contributed by atoms with Crippen LogP contribution in [0, 0.1) is 0 Å². The number of para-hydroxylation sites is 1. The molecule has 2 atom stereocenters. The van der Waals surface area contributed by atoms with Gasteiger partial charge >= 0.3 is 0 Å². The molecule has 3 aromatic carbocycles. The minimum atomic E-state index is -1.09. The molecule has 1 aromatic heterocycles. The molecule has 1 unspecified atom stereocenters. The number of benzene rings is 3. The normalized spacial score (nSPS) is 16.0. The molecule has 0 bridgehead atoms. The molecule has 0 spiro atoms. The summed E-state index contributed by atoms with van der Waals surface area (Å²) in [5.41, 5.74) is 4.80. The number of nitrogens with zero attached hydrogens (tertiary/aromatic N) is 2. The van der Waals surface area contributed by atoms with Gasteiger partial charge in [-0.05, 0) is 52.6 Å². The van der Waals surface area contributed by atoms with E-state index in [0.717, 1.165) is 27.9 Å². The average Bonchev–Trinajstić information content (AvgIpc) is 3.43. The molecule has 186 valence electrons. The van der Waals surface area contributed by atoms with Crippen molar-refractivity contribution in [2.75, 3.05) is 11.9 Å². The number of carbonyl (C=O) groups excluding carboxylic acids is 2. The van der Waals surface area contributed by atoms with E-state index in [2.05, 4.69) is 5.32 Å². The van der Waals surface area contributed by atoms with Crippen molar-refractivity contribution >= 4 is 57.8 Å². The number of likely N-dealkylation sites (N-methyl/N-ethyl adjacent to an activating group) is 1. The van der Waals surface area contributed by atoms with E-state index in [1.165, 1.54) is 11.3 Å². The fourth-order valence-electron chi connectivity index (χ4n) is 4.42. The summed E-state index contributed by atoms with van der Waals surface area (Å²) in [6.45, 7) is 0. The highest BCUT2D eigenvalue weighted by Crippen LogP contribution is 2.30. The maximum absolute atomic E-state index is 13.7. The van der Waals surface area contributed by atoms with Gasteiger partial charge in [-0.15, -0.1) is 0 Å². The summed E-state index contributed by atoms with van der Waals surface area (Å²) < 4.78 is 0. The van der Waals surface area contributed by atoms with Gasteiger partial charge in [-0.25, -0.2) is 4.99 Å². The van der Waals surface area contributed by atoms with Gasteiger partial charge in [0.15, 0.2) is 0 Å². The van der Waals surface area contributed by atoms with Crippen LogP contribution in [-0.2, 0) is 16.0 Å². The number of amides is 2. The monoisotopic (exact) mass is 547 g/mol. The van der Waals surface area contributed by atoms with Gasteiger partial charge in [0.05, 0.1) is 27.4 Å². The highest BCUT2D eigenvalue weighted by atomic mass is 35.5. The standard InChI is InChI=1S/C29H23Cl2N3O2S/c1-34-25-10-6-5-9-21(25)26(19-7-3-2-4-8-19)32-27(29(34)36)33-28(35)22(20-13-14-37-17-20)15-18-11-12-23(30)24(31)16-18/h2-14,16-17,22,27H,15H2,1H3,(H,33,35)/t22?,27-/m1/s1. The van der Waals surface area contributed by atoms with Crippen LogP contribution in [0.15, 0.2) is 94.6 Å². The molecule has 5 nitrogen and oxygen atoms in total. The molecule has 0 saturated carbocycles. The fourth-order valence-corrected chi connectivity index (χ4v) is 5.45. The number of rotatable bonds is 6. The molecule has 8 heteroatoms. The SMILES string of the molecule is CN1C(=O)[C@@H](NC(=O)C(Cc2ccc(Cl)c(Cl)c2)c2ccsc2)N=C(c2ccccc2)c2ccccc21. The minimum Gasteiger partial charge on any atom is -0.326 e. The van der Waals surface area contributed by atoms with Gasteiger partial charge in [0.25, 0.3) is 5.91 Å². The van der Waals surface area contributed by atoms with Gasteiger partial charge in [0, 0.05) is 18.2 Å². The van der Waals surface area contributed by atoms with E-state index in [-0.39, 0.29) is 11.8 Å². The highest BCUT2D eigenvalue weighted by Gasteiger charge is 2.33. The molecule has 1 N–H and O–H groups in total. The van der Waals surface area contributed by atoms with E-state index in [4.69, 9.17) is 28.2 Å². The first-order chi connectivity index (χ1) is 17.9. The third-order valence-corrected chi connectivity index (χ3v) is 7.80. The molecule has 0 saturated heterocycles. The van der Waals surface area contributed by atoms with E-state index in [0.29, 0.717) is 22.2 Å². The molecule has 2 heterocycles. The van der Waals surface area contributed by atoms with Crippen molar-refractivity contribution in [1.82, 2.24) is 5.32 Å². The zero-order chi connectivity index (χ0) is 25.9.